The number of aliphatic carboxylic acids is 1. The Labute approximate surface area is 140 Å². The monoisotopic (exact) mass is 334 g/mol. The van der Waals surface area contributed by atoms with Crippen molar-refractivity contribution < 1.29 is 24.2 Å². The van der Waals surface area contributed by atoms with Gasteiger partial charge in [0.1, 0.15) is 5.75 Å². The highest BCUT2D eigenvalue weighted by Gasteiger charge is 2.16. The molecule has 0 saturated heterocycles. The quantitative estimate of drug-likeness (QED) is 0.662. The molecule has 7 heteroatoms. The molecule has 0 aromatic heterocycles. The summed E-state index contributed by atoms with van der Waals surface area (Å²) in [4.78, 5) is 33.8. The molecular formula is C17H22N2O5. The van der Waals surface area contributed by atoms with Crippen molar-refractivity contribution in [3.63, 3.8) is 0 Å². The van der Waals surface area contributed by atoms with Crippen LogP contribution < -0.4 is 15.6 Å². The van der Waals surface area contributed by atoms with Gasteiger partial charge in [-0.15, -0.1) is 0 Å². The number of hydrogen-bond acceptors (Lipinski definition) is 4. The Morgan fingerprint density at radius 1 is 1.04 bits per heavy atom. The van der Waals surface area contributed by atoms with E-state index in [1.807, 2.05) is 0 Å². The zero-order valence-electron chi connectivity index (χ0n) is 13.4. The molecule has 0 radical (unpaired) electrons. The van der Waals surface area contributed by atoms with Crippen LogP contribution in [0.4, 0.5) is 0 Å². The van der Waals surface area contributed by atoms with Gasteiger partial charge in [0.05, 0.1) is 6.10 Å². The number of amides is 2. The molecule has 1 aromatic rings. The van der Waals surface area contributed by atoms with Gasteiger partial charge in [0, 0.05) is 18.4 Å². The van der Waals surface area contributed by atoms with Crippen molar-refractivity contribution in [3.05, 3.63) is 29.8 Å². The van der Waals surface area contributed by atoms with Crippen molar-refractivity contribution in [2.75, 3.05) is 0 Å². The normalized spacial score (nSPS) is 14.2. The molecule has 0 heterocycles. The van der Waals surface area contributed by atoms with E-state index in [0.717, 1.165) is 18.6 Å². The number of hydrazine groups is 1. The van der Waals surface area contributed by atoms with Gasteiger partial charge >= 0.3 is 5.97 Å². The lowest BCUT2D eigenvalue weighted by Gasteiger charge is -2.13. The van der Waals surface area contributed by atoms with Gasteiger partial charge in [-0.05, 0) is 56.4 Å². The number of ether oxygens (including phenoxy) is 1. The molecule has 130 valence electrons. The first-order valence-electron chi connectivity index (χ1n) is 8.12. The van der Waals surface area contributed by atoms with E-state index in [2.05, 4.69) is 10.9 Å². The van der Waals surface area contributed by atoms with Crippen LogP contribution in [0.5, 0.6) is 5.75 Å². The van der Waals surface area contributed by atoms with Gasteiger partial charge in [-0.25, -0.2) is 0 Å². The SMILES string of the molecule is O=C(O)CCCC(=O)NNC(=O)c1ccc(OC2CCCC2)cc1. The molecule has 0 spiro atoms. The summed E-state index contributed by atoms with van der Waals surface area (Å²) in [6.07, 6.45) is 4.96. The third kappa shape index (κ3) is 5.91. The Balaban J connectivity index is 1.73. The predicted molar refractivity (Wildman–Crippen MR) is 86.4 cm³/mol. The summed E-state index contributed by atoms with van der Waals surface area (Å²) < 4.78 is 5.82. The lowest BCUT2D eigenvalue weighted by atomic mass is 10.2. The third-order valence-electron chi connectivity index (χ3n) is 3.83. The van der Waals surface area contributed by atoms with E-state index in [1.165, 1.54) is 12.8 Å². The van der Waals surface area contributed by atoms with E-state index >= 15 is 0 Å². The van der Waals surface area contributed by atoms with Crippen molar-refractivity contribution in [1.29, 1.82) is 0 Å². The Kier molecular flexibility index (Phi) is 6.60. The molecular weight excluding hydrogens is 312 g/mol. The highest BCUT2D eigenvalue weighted by Crippen LogP contribution is 2.24. The molecule has 7 nitrogen and oxygen atoms in total. The number of benzene rings is 1. The number of hydrogen-bond donors (Lipinski definition) is 3. The van der Waals surface area contributed by atoms with Crippen LogP contribution in [0.25, 0.3) is 0 Å². The van der Waals surface area contributed by atoms with Crippen molar-refractivity contribution in [2.24, 2.45) is 0 Å². The Morgan fingerprint density at radius 2 is 1.71 bits per heavy atom. The minimum Gasteiger partial charge on any atom is -0.490 e. The van der Waals surface area contributed by atoms with Crippen LogP contribution in [-0.4, -0.2) is 29.0 Å². The van der Waals surface area contributed by atoms with Crippen molar-refractivity contribution in [1.82, 2.24) is 10.9 Å². The summed E-state index contributed by atoms with van der Waals surface area (Å²) in [5.41, 5.74) is 4.97. The van der Waals surface area contributed by atoms with Crippen LogP contribution in [0.1, 0.15) is 55.3 Å². The largest absolute Gasteiger partial charge is 0.490 e. The number of carbonyl (C=O) groups is 3. The fourth-order valence-corrected chi connectivity index (χ4v) is 2.54. The molecule has 0 bridgehead atoms. The first-order chi connectivity index (χ1) is 11.5. The standard InChI is InChI=1S/C17H22N2O5/c20-15(6-3-7-16(21)22)18-19-17(23)12-8-10-14(11-9-12)24-13-4-1-2-5-13/h8-11,13H,1-7H2,(H,18,20)(H,19,23)(H,21,22). The lowest BCUT2D eigenvalue weighted by molar-refractivity contribution is -0.137. The van der Waals surface area contributed by atoms with Gasteiger partial charge in [-0.1, -0.05) is 0 Å². The van der Waals surface area contributed by atoms with Crippen LogP contribution >= 0.6 is 0 Å². The van der Waals surface area contributed by atoms with Gasteiger partial charge in [-0.3, -0.25) is 25.2 Å². The Morgan fingerprint density at radius 3 is 2.33 bits per heavy atom. The van der Waals surface area contributed by atoms with Crippen molar-refractivity contribution in [3.8, 4) is 5.75 Å². The highest BCUT2D eigenvalue weighted by molar-refractivity contribution is 5.95. The first kappa shape index (κ1) is 17.8. The summed E-state index contributed by atoms with van der Waals surface area (Å²) in [6, 6.07) is 6.75. The molecule has 3 N–H and O–H groups in total. The van der Waals surface area contributed by atoms with E-state index in [-0.39, 0.29) is 25.4 Å². The minimum absolute atomic E-state index is 0.0424. The lowest BCUT2D eigenvalue weighted by Crippen LogP contribution is -2.41. The number of carboxylic acids is 1. The molecule has 1 fully saturated rings. The number of rotatable bonds is 7. The van der Waals surface area contributed by atoms with E-state index in [1.54, 1.807) is 24.3 Å². The van der Waals surface area contributed by atoms with Gasteiger partial charge in [0.2, 0.25) is 5.91 Å². The average Bonchev–Trinajstić information content (AvgIpc) is 3.06. The molecule has 1 saturated carbocycles. The fourth-order valence-electron chi connectivity index (χ4n) is 2.54. The maximum absolute atomic E-state index is 11.9. The van der Waals surface area contributed by atoms with E-state index in [0.29, 0.717) is 5.56 Å². The summed E-state index contributed by atoms with van der Waals surface area (Å²) in [6.45, 7) is 0. The summed E-state index contributed by atoms with van der Waals surface area (Å²) in [5, 5.41) is 8.49. The third-order valence-corrected chi connectivity index (χ3v) is 3.83. The highest BCUT2D eigenvalue weighted by atomic mass is 16.5. The molecule has 1 aromatic carbocycles. The molecule has 24 heavy (non-hydrogen) atoms. The maximum atomic E-state index is 11.9. The molecule has 2 amide bonds. The van der Waals surface area contributed by atoms with E-state index in [9.17, 15) is 14.4 Å². The zero-order chi connectivity index (χ0) is 17.4. The van der Waals surface area contributed by atoms with Gasteiger partial charge in [0.25, 0.3) is 5.91 Å². The molecule has 1 aliphatic carbocycles. The zero-order valence-corrected chi connectivity index (χ0v) is 13.4. The molecule has 0 unspecified atom stereocenters. The topological polar surface area (TPSA) is 105 Å². The Hall–Kier alpha value is -2.57. The van der Waals surface area contributed by atoms with Crippen LogP contribution in [0, 0.1) is 0 Å². The van der Waals surface area contributed by atoms with Crippen molar-refractivity contribution >= 4 is 17.8 Å². The van der Waals surface area contributed by atoms with Gasteiger partial charge in [0.15, 0.2) is 0 Å². The number of carboxylic acid groups (broad SMARTS) is 1. The fraction of sp³-hybridized carbons (Fsp3) is 0.471. The van der Waals surface area contributed by atoms with E-state index in [4.69, 9.17) is 9.84 Å². The molecule has 1 aliphatic rings. The number of nitrogens with one attached hydrogen (secondary N) is 2. The second kappa shape index (κ2) is 8.90. The second-order valence-corrected chi connectivity index (χ2v) is 5.80. The minimum atomic E-state index is -0.952. The molecule has 2 rings (SSSR count). The van der Waals surface area contributed by atoms with Crippen LogP contribution in [0.3, 0.4) is 0 Å². The smallest absolute Gasteiger partial charge is 0.303 e. The molecule has 0 atom stereocenters. The van der Waals surface area contributed by atoms with Crippen LogP contribution in [-0.2, 0) is 9.59 Å². The van der Waals surface area contributed by atoms with Crippen molar-refractivity contribution in [2.45, 2.75) is 51.0 Å². The second-order valence-electron chi connectivity index (χ2n) is 5.80. The van der Waals surface area contributed by atoms with Crippen LogP contribution in [0.2, 0.25) is 0 Å². The number of carbonyl (C=O) groups excluding carboxylic acids is 2. The van der Waals surface area contributed by atoms with Gasteiger partial charge < -0.3 is 9.84 Å². The predicted octanol–water partition coefficient (Wildman–Crippen LogP) is 2.02. The van der Waals surface area contributed by atoms with E-state index < -0.39 is 17.8 Å². The molecule has 0 aliphatic heterocycles. The Bertz CT molecular complexity index is 579. The van der Waals surface area contributed by atoms with Gasteiger partial charge in [-0.2, -0.15) is 0 Å². The summed E-state index contributed by atoms with van der Waals surface area (Å²) in [7, 11) is 0. The first-order valence-corrected chi connectivity index (χ1v) is 8.12. The maximum Gasteiger partial charge on any atom is 0.303 e. The summed E-state index contributed by atoms with van der Waals surface area (Å²) in [5.74, 6) is -1.08. The van der Waals surface area contributed by atoms with Crippen LogP contribution in [0.15, 0.2) is 24.3 Å². The summed E-state index contributed by atoms with van der Waals surface area (Å²) >= 11 is 0. The average molecular weight is 334 g/mol.